The molecule has 1 aromatic carbocycles. The first-order valence-corrected chi connectivity index (χ1v) is 6.29. The van der Waals surface area contributed by atoms with Crippen LogP contribution in [0.15, 0.2) is 16.6 Å². The zero-order valence-electron chi connectivity index (χ0n) is 10.3. The quantitative estimate of drug-likeness (QED) is 0.448. The largest absolute Gasteiger partial charge is 0.382 e. The summed E-state index contributed by atoms with van der Waals surface area (Å²) in [5, 5.41) is 13.6. The fraction of sp³-hybridized carbons (Fsp3) is 0.455. The molecule has 0 atom stereocenters. The third kappa shape index (κ3) is 5.09. The highest BCUT2D eigenvalue weighted by Crippen LogP contribution is 2.30. The normalized spacial score (nSPS) is 10.5. The van der Waals surface area contributed by atoms with E-state index in [9.17, 15) is 14.5 Å². The summed E-state index contributed by atoms with van der Waals surface area (Å²) in [6, 6.07) is 2.21. The van der Waals surface area contributed by atoms with Gasteiger partial charge in [-0.3, -0.25) is 10.1 Å². The van der Waals surface area contributed by atoms with Crippen molar-refractivity contribution < 1.29 is 18.8 Å². The van der Waals surface area contributed by atoms with Gasteiger partial charge in [0.25, 0.3) is 5.69 Å². The van der Waals surface area contributed by atoms with Gasteiger partial charge in [0.15, 0.2) is 0 Å². The summed E-state index contributed by atoms with van der Waals surface area (Å²) in [7, 11) is 1.57. The highest BCUT2D eigenvalue weighted by Gasteiger charge is 2.17. The summed E-state index contributed by atoms with van der Waals surface area (Å²) in [5.41, 5.74) is -0.0637. The van der Waals surface area contributed by atoms with Crippen molar-refractivity contribution in [2.75, 3.05) is 38.8 Å². The van der Waals surface area contributed by atoms with Crippen LogP contribution in [0.3, 0.4) is 0 Å². The van der Waals surface area contributed by atoms with Gasteiger partial charge in [0.1, 0.15) is 11.5 Å². The standard InChI is InChI=1S/C11H14BrFN2O4/c1-18-4-5-19-3-2-14-10-7-9(13)8(12)6-11(10)15(16)17/h6-7,14H,2-5H2,1H3. The molecule has 0 heterocycles. The van der Waals surface area contributed by atoms with Gasteiger partial charge >= 0.3 is 0 Å². The molecule has 0 spiro atoms. The summed E-state index contributed by atoms with van der Waals surface area (Å²) in [6.45, 7) is 1.60. The highest BCUT2D eigenvalue weighted by atomic mass is 79.9. The maximum Gasteiger partial charge on any atom is 0.293 e. The number of rotatable bonds is 8. The van der Waals surface area contributed by atoms with E-state index in [0.29, 0.717) is 26.4 Å². The average Bonchev–Trinajstić information content (AvgIpc) is 2.37. The van der Waals surface area contributed by atoms with E-state index in [4.69, 9.17) is 9.47 Å². The number of benzene rings is 1. The van der Waals surface area contributed by atoms with Gasteiger partial charge in [0.2, 0.25) is 0 Å². The molecule has 19 heavy (non-hydrogen) atoms. The number of nitro groups is 1. The Hall–Kier alpha value is -1.25. The Morgan fingerprint density at radius 2 is 2.16 bits per heavy atom. The van der Waals surface area contributed by atoms with E-state index in [2.05, 4.69) is 21.2 Å². The molecule has 0 amide bonds. The Balaban J connectivity index is 2.57. The minimum atomic E-state index is -0.571. The number of nitrogens with one attached hydrogen (secondary N) is 1. The van der Waals surface area contributed by atoms with Gasteiger partial charge in [-0.15, -0.1) is 0 Å². The summed E-state index contributed by atoms with van der Waals surface area (Å²) in [6.07, 6.45) is 0. The molecule has 0 saturated carbocycles. The Morgan fingerprint density at radius 1 is 1.42 bits per heavy atom. The van der Waals surface area contributed by atoms with Crippen molar-refractivity contribution in [1.29, 1.82) is 0 Å². The molecular weight excluding hydrogens is 323 g/mol. The van der Waals surface area contributed by atoms with Gasteiger partial charge in [-0.2, -0.15) is 0 Å². The number of nitrogens with zero attached hydrogens (tertiary/aromatic N) is 1. The van der Waals surface area contributed by atoms with Crippen LogP contribution in [-0.4, -0.2) is 38.4 Å². The lowest BCUT2D eigenvalue weighted by Gasteiger charge is -2.08. The molecule has 1 N–H and O–H groups in total. The second-order valence-electron chi connectivity index (χ2n) is 3.57. The van der Waals surface area contributed by atoms with Crippen molar-refractivity contribution in [3.63, 3.8) is 0 Å². The molecule has 0 aromatic heterocycles. The van der Waals surface area contributed by atoms with Gasteiger partial charge in [-0.25, -0.2) is 4.39 Å². The molecule has 0 bridgehead atoms. The van der Waals surface area contributed by atoms with E-state index < -0.39 is 10.7 Å². The number of nitro benzene ring substituents is 1. The molecule has 6 nitrogen and oxygen atoms in total. The predicted octanol–water partition coefficient (Wildman–Crippen LogP) is 2.57. The van der Waals surface area contributed by atoms with Crippen molar-refractivity contribution in [3.05, 3.63) is 32.5 Å². The van der Waals surface area contributed by atoms with Crippen molar-refractivity contribution in [3.8, 4) is 0 Å². The van der Waals surface area contributed by atoms with Crippen LogP contribution >= 0.6 is 15.9 Å². The van der Waals surface area contributed by atoms with Crippen LogP contribution < -0.4 is 5.32 Å². The molecule has 106 valence electrons. The van der Waals surface area contributed by atoms with Gasteiger partial charge < -0.3 is 14.8 Å². The molecule has 1 aromatic rings. The fourth-order valence-corrected chi connectivity index (χ4v) is 1.66. The molecule has 0 aliphatic carbocycles. The Kier molecular flexibility index (Phi) is 6.68. The van der Waals surface area contributed by atoms with Crippen molar-refractivity contribution in [2.24, 2.45) is 0 Å². The molecule has 0 aliphatic heterocycles. The van der Waals surface area contributed by atoms with Crippen LogP contribution in [-0.2, 0) is 9.47 Å². The number of methoxy groups -OCH3 is 1. The third-order valence-electron chi connectivity index (χ3n) is 2.23. The van der Waals surface area contributed by atoms with Crippen LogP contribution in [0.4, 0.5) is 15.8 Å². The van der Waals surface area contributed by atoms with E-state index in [0.717, 1.165) is 12.1 Å². The maximum atomic E-state index is 13.3. The molecular formula is C11H14BrFN2O4. The molecule has 0 radical (unpaired) electrons. The smallest absolute Gasteiger partial charge is 0.293 e. The first-order chi connectivity index (χ1) is 9.06. The van der Waals surface area contributed by atoms with Gasteiger partial charge in [-0.05, 0) is 15.9 Å². The Labute approximate surface area is 118 Å². The number of anilines is 1. The van der Waals surface area contributed by atoms with Crippen molar-refractivity contribution >= 4 is 27.3 Å². The highest BCUT2D eigenvalue weighted by molar-refractivity contribution is 9.10. The molecule has 0 fully saturated rings. The van der Waals surface area contributed by atoms with Crippen LogP contribution in [0.2, 0.25) is 0 Å². The number of hydrogen-bond acceptors (Lipinski definition) is 5. The minimum absolute atomic E-state index is 0.0566. The fourth-order valence-electron chi connectivity index (χ4n) is 1.33. The molecule has 0 unspecified atom stereocenters. The molecule has 0 saturated heterocycles. The molecule has 8 heteroatoms. The summed E-state index contributed by atoms with van der Waals surface area (Å²) < 4.78 is 23.4. The van der Waals surface area contributed by atoms with Crippen molar-refractivity contribution in [2.45, 2.75) is 0 Å². The number of halogens is 2. The third-order valence-corrected chi connectivity index (χ3v) is 2.84. The van der Waals surface area contributed by atoms with Gasteiger partial charge in [0, 0.05) is 25.8 Å². The number of ether oxygens (including phenoxy) is 2. The van der Waals surface area contributed by atoms with E-state index >= 15 is 0 Å². The van der Waals surface area contributed by atoms with E-state index in [-0.39, 0.29) is 15.8 Å². The molecule has 1 rings (SSSR count). The Morgan fingerprint density at radius 3 is 2.79 bits per heavy atom. The lowest BCUT2D eigenvalue weighted by Crippen LogP contribution is -2.13. The van der Waals surface area contributed by atoms with Gasteiger partial charge in [0.05, 0.1) is 29.2 Å². The average molecular weight is 337 g/mol. The summed E-state index contributed by atoms with van der Waals surface area (Å²) in [5.74, 6) is -0.562. The van der Waals surface area contributed by atoms with Crippen LogP contribution in [0.1, 0.15) is 0 Å². The van der Waals surface area contributed by atoms with E-state index in [1.54, 1.807) is 7.11 Å². The van der Waals surface area contributed by atoms with Crippen LogP contribution in [0.25, 0.3) is 0 Å². The lowest BCUT2D eigenvalue weighted by atomic mass is 10.2. The Bertz CT molecular complexity index is 445. The maximum absolute atomic E-state index is 13.3. The van der Waals surface area contributed by atoms with E-state index in [1.165, 1.54) is 0 Å². The lowest BCUT2D eigenvalue weighted by molar-refractivity contribution is -0.384. The second-order valence-corrected chi connectivity index (χ2v) is 4.43. The van der Waals surface area contributed by atoms with Crippen LogP contribution in [0, 0.1) is 15.9 Å². The van der Waals surface area contributed by atoms with Gasteiger partial charge in [-0.1, -0.05) is 0 Å². The first kappa shape index (κ1) is 15.8. The second kappa shape index (κ2) is 8.03. The number of hydrogen-bond donors (Lipinski definition) is 1. The summed E-state index contributed by atoms with van der Waals surface area (Å²) >= 11 is 2.91. The van der Waals surface area contributed by atoms with Crippen LogP contribution in [0.5, 0.6) is 0 Å². The van der Waals surface area contributed by atoms with E-state index in [1.807, 2.05) is 0 Å². The topological polar surface area (TPSA) is 73.6 Å². The molecule has 0 aliphatic rings. The first-order valence-electron chi connectivity index (χ1n) is 5.50. The summed E-state index contributed by atoms with van der Waals surface area (Å²) in [4.78, 5) is 10.3. The van der Waals surface area contributed by atoms with Crippen molar-refractivity contribution in [1.82, 2.24) is 0 Å². The SMILES string of the molecule is COCCOCCNc1cc(F)c(Br)cc1[N+](=O)[O-]. The zero-order valence-corrected chi connectivity index (χ0v) is 11.9. The zero-order chi connectivity index (χ0) is 14.3. The predicted molar refractivity (Wildman–Crippen MR) is 71.9 cm³/mol. The monoisotopic (exact) mass is 336 g/mol. The minimum Gasteiger partial charge on any atom is -0.382 e.